The average Bonchev–Trinajstić information content (AvgIpc) is 3.74. The molecule has 0 spiro atoms. The van der Waals surface area contributed by atoms with Gasteiger partial charge in [-0.05, 0) is 30.5 Å². The molecule has 0 unspecified atom stereocenters. The van der Waals surface area contributed by atoms with E-state index in [1.165, 1.54) is 16.9 Å². The number of H-pyrrole nitrogens is 1. The van der Waals surface area contributed by atoms with Crippen LogP contribution in [-0.4, -0.2) is 65.0 Å². The summed E-state index contributed by atoms with van der Waals surface area (Å²) >= 11 is 1.51. The molecular weight excluding hydrogens is 631 g/mol. The molecule has 3 aromatic heterocycles. The number of benzene rings is 3. The second-order valence-corrected chi connectivity index (χ2v) is 11.6. The number of carboxylic acids is 1. The van der Waals surface area contributed by atoms with E-state index in [9.17, 15) is 18.0 Å². The first kappa shape index (κ1) is 31.8. The Morgan fingerprint density at radius 1 is 0.915 bits per heavy atom. The van der Waals surface area contributed by atoms with Crippen molar-refractivity contribution < 1.29 is 23.1 Å². The molecule has 1 saturated heterocycles. The van der Waals surface area contributed by atoms with Gasteiger partial charge in [0.25, 0.3) is 0 Å². The molecule has 2 N–H and O–H groups in total. The van der Waals surface area contributed by atoms with Crippen LogP contribution in [0.1, 0.15) is 24.4 Å². The van der Waals surface area contributed by atoms with Gasteiger partial charge in [-0.15, -0.1) is 21.5 Å². The molecule has 0 aliphatic carbocycles. The maximum Gasteiger partial charge on any atom is 0.490 e. The summed E-state index contributed by atoms with van der Waals surface area (Å²) in [5, 5.41) is 18.0. The second-order valence-electron chi connectivity index (χ2n) is 10.9. The highest BCUT2D eigenvalue weighted by atomic mass is 32.1. The SMILES string of the molecule is O=C(O)C(F)(F)F.O=c1[nH]c2ccccc2n1C1CCN(Cc2ccc(-c3nc(-c4cscn4)nnc3-c3ccccc3)cc2)CC1. The third kappa shape index (κ3) is 7.28. The van der Waals surface area contributed by atoms with Crippen LogP contribution in [0.4, 0.5) is 13.2 Å². The molecule has 7 rings (SSSR count). The minimum atomic E-state index is -5.08. The number of likely N-dealkylation sites (tertiary alicyclic amines) is 1. The number of aromatic amines is 1. The van der Waals surface area contributed by atoms with Crippen LogP contribution in [0, 0.1) is 0 Å². The molecule has 0 atom stereocenters. The van der Waals surface area contributed by atoms with Gasteiger partial charge >= 0.3 is 17.8 Å². The molecule has 14 heteroatoms. The lowest BCUT2D eigenvalue weighted by molar-refractivity contribution is -0.192. The summed E-state index contributed by atoms with van der Waals surface area (Å²) in [7, 11) is 0. The van der Waals surface area contributed by atoms with Crippen molar-refractivity contribution in [1.82, 2.24) is 34.6 Å². The third-order valence-corrected chi connectivity index (χ3v) is 8.40. The molecular formula is C33H28F3N7O3S. The fraction of sp³-hybridized carbons (Fsp3) is 0.212. The van der Waals surface area contributed by atoms with Crippen LogP contribution < -0.4 is 5.69 Å². The van der Waals surface area contributed by atoms with E-state index in [2.05, 4.69) is 49.3 Å². The molecule has 47 heavy (non-hydrogen) atoms. The zero-order chi connectivity index (χ0) is 33.0. The van der Waals surface area contributed by atoms with Crippen LogP contribution in [-0.2, 0) is 11.3 Å². The molecule has 0 radical (unpaired) electrons. The van der Waals surface area contributed by atoms with Crippen LogP contribution >= 0.6 is 11.3 Å². The number of imidazole rings is 1. The van der Waals surface area contributed by atoms with Crippen molar-refractivity contribution >= 4 is 28.3 Å². The van der Waals surface area contributed by atoms with E-state index in [1.54, 1.807) is 5.51 Å². The zero-order valence-electron chi connectivity index (χ0n) is 24.8. The summed E-state index contributed by atoms with van der Waals surface area (Å²) in [5.74, 6) is -2.23. The first-order valence-electron chi connectivity index (χ1n) is 14.7. The standard InChI is InChI=1S/C31H27N7OS.C2HF3O2/c39-31-33-25-8-4-5-9-27(25)38(31)24-14-16-37(17-15-24)18-21-10-12-23(13-11-21)28-29(22-6-2-1-3-7-22)35-36-30(34-28)26-19-40-20-32-26;3-2(4,5)1(6)7/h1-13,19-20,24H,14-18H2,(H,33,39);(H,6,7). The molecule has 0 bridgehead atoms. The van der Waals surface area contributed by atoms with E-state index < -0.39 is 12.1 Å². The first-order valence-corrected chi connectivity index (χ1v) is 15.6. The second kappa shape index (κ2) is 13.6. The van der Waals surface area contributed by atoms with Crippen molar-refractivity contribution in [3.63, 3.8) is 0 Å². The first-order chi connectivity index (χ1) is 22.7. The summed E-state index contributed by atoms with van der Waals surface area (Å²) in [6.45, 7) is 2.76. The van der Waals surface area contributed by atoms with Crippen molar-refractivity contribution in [2.75, 3.05) is 13.1 Å². The van der Waals surface area contributed by atoms with Gasteiger partial charge < -0.3 is 10.1 Å². The van der Waals surface area contributed by atoms with Crippen molar-refractivity contribution in [3.05, 3.63) is 106 Å². The normalized spacial score (nSPS) is 14.1. The van der Waals surface area contributed by atoms with Gasteiger partial charge in [0.2, 0.25) is 5.82 Å². The number of aromatic nitrogens is 6. The van der Waals surface area contributed by atoms with Gasteiger partial charge in [0.1, 0.15) is 17.1 Å². The minimum Gasteiger partial charge on any atom is -0.475 e. The topological polar surface area (TPSA) is 130 Å². The Labute approximate surface area is 270 Å². The molecule has 1 aliphatic rings. The number of carbonyl (C=O) groups is 1. The quantitative estimate of drug-likeness (QED) is 0.209. The number of halogens is 3. The van der Waals surface area contributed by atoms with Gasteiger partial charge in [-0.3, -0.25) is 9.47 Å². The van der Waals surface area contributed by atoms with Crippen molar-refractivity contribution in [1.29, 1.82) is 0 Å². The van der Waals surface area contributed by atoms with Crippen LogP contribution in [0.25, 0.3) is 45.1 Å². The highest BCUT2D eigenvalue weighted by Gasteiger charge is 2.38. The number of aliphatic carboxylic acids is 1. The van der Waals surface area contributed by atoms with Gasteiger partial charge in [0, 0.05) is 42.2 Å². The number of hydrogen-bond donors (Lipinski definition) is 2. The van der Waals surface area contributed by atoms with E-state index in [4.69, 9.17) is 14.9 Å². The Balaban J connectivity index is 0.000000499. The fourth-order valence-electron chi connectivity index (χ4n) is 5.55. The molecule has 3 aromatic carbocycles. The van der Waals surface area contributed by atoms with Gasteiger partial charge in [0.05, 0.1) is 16.5 Å². The Kier molecular flexibility index (Phi) is 9.22. The molecule has 10 nitrogen and oxygen atoms in total. The smallest absolute Gasteiger partial charge is 0.475 e. The van der Waals surface area contributed by atoms with Crippen molar-refractivity contribution in [3.8, 4) is 34.0 Å². The number of fused-ring (bicyclic) bond motifs is 1. The summed E-state index contributed by atoms with van der Waals surface area (Å²) < 4.78 is 33.7. The number of thiazole rings is 1. The third-order valence-electron chi connectivity index (χ3n) is 7.82. The van der Waals surface area contributed by atoms with Gasteiger partial charge in [0.15, 0.2) is 0 Å². The molecule has 240 valence electrons. The Morgan fingerprint density at radius 3 is 2.23 bits per heavy atom. The van der Waals surface area contributed by atoms with Gasteiger partial charge in [-0.25, -0.2) is 19.6 Å². The van der Waals surface area contributed by atoms with Crippen molar-refractivity contribution in [2.24, 2.45) is 0 Å². The number of nitrogens with one attached hydrogen (secondary N) is 1. The number of para-hydroxylation sites is 2. The van der Waals surface area contributed by atoms with E-state index in [0.29, 0.717) is 5.82 Å². The lowest BCUT2D eigenvalue weighted by atomic mass is 10.0. The summed E-state index contributed by atoms with van der Waals surface area (Å²) in [6, 6.07) is 26.8. The zero-order valence-corrected chi connectivity index (χ0v) is 25.6. The molecule has 6 aromatic rings. The number of hydrogen-bond acceptors (Lipinski definition) is 8. The van der Waals surface area contributed by atoms with Crippen molar-refractivity contribution in [2.45, 2.75) is 31.6 Å². The monoisotopic (exact) mass is 659 g/mol. The minimum absolute atomic E-state index is 0.0118. The predicted octanol–water partition coefficient (Wildman–Crippen LogP) is 6.44. The highest BCUT2D eigenvalue weighted by molar-refractivity contribution is 7.07. The van der Waals surface area contributed by atoms with Gasteiger partial charge in [-0.1, -0.05) is 66.7 Å². The molecule has 1 fully saturated rings. The lowest BCUT2D eigenvalue weighted by Gasteiger charge is -2.32. The summed E-state index contributed by atoms with van der Waals surface area (Å²) in [6.07, 6.45) is -3.18. The van der Waals surface area contributed by atoms with Gasteiger partial charge in [-0.2, -0.15) is 13.2 Å². The predicted molar refractivity (Wildman–Crippen MR) is 172 cm³/mol. The maximum absolute atomic E-state index is 12.6. The van der Waals surface area contributed by atoms with E-state index in [-0.39, 0.29) is 11.7 Å². The highest BCUT2D eigenvalue weighted by Crippen LogP contribution is 2.31. The number of alkyl halides is 3. The van der Waals surface area contributed by atoms with E-state index in [0.717, 1.165) is 71.7 Å². The van der Waals surface area contributed by atoms with Crippen LogP contribution in [0.2, 0.25) is 0 Å². The molecule has 1 aliphatic heterocycles. The lowest BCUT2D eigenvalue weighted by Crippen LogP contribution is -2.36. The number of rotatable bonds is 6. The maximum atomic E-state index is 12.6. The Bertz CT molecular complexity index is 2020. The van der Waals surface area contributed by atoms with Crippen LogP contribution in [0.5, 0.6) is 0 Å². The number of piperidine rings is 1. The Morgan fingerprint density at radius 2 is 1.57 bits per heavy atom. The Hall–Kier alpha value is -5.21. The molecule has 4 heterocycles. The van der Waals surface area contributed by atoms with Crippen LogP contribution in [0.3, 0.4) is 0 Å². The number of carboxylic acid groups (broad SMARTS) is 1. The average molecular weight is 660 g/mol. The van der Waals surface area contributed by atoms with E-state index in [1.807, 2.05) is 64.5 Å². The largest absolute Gasteiger partial charge is 0.490 e. The molecule has 0 saturated carbocycles. The number of nitrogens with zero attached hydrogens (tertiary/aromatic N) is 6. The molecule has 0 amide bonds. The van der Waals surface area contributed by atoms with Crippen LogP contribution in [0.15, 0.2) is 94.5 Å². The summed E-state index contributed by atoms with van der Waals surface area (Å²) in [5.41, 5.74) is 9.15. The van der Waals surface area contributed by atoms with E-state index >= 15 is 0 Å². The summed E-state index contributed by atoms with van der Waals surface area (Å²) in [4.78, 5) is 36.3. The fourth-order valence-corrected chi connectivity index (χ4v) is 6.08.